The van der Waals surface area contributed by atoms with Gasteiger partial charge in [0, 0.05) is 35.8 Å². The molecule has 0 spiro atoms. The van der Waals surface area contributed by atoms with E-state index in [4.69, 9.17) is 9.72 Å². The zero-order chi connectivity index (χ0) is 29.2. The van der Waals surface area contributed by atoms with Gasteiger partial charge in [0.15, 0.2) is 5.65 Å². The Labute approximate surface area is 240 Å². The summed E-state index contributed by atoms with van der Waals surface area (Å²) in [5.74, 6) is 6.68. The molecule has 0 bridgehead atoms. The number of hydrogen-bond donors (Lipinski definition) is 1. The fourth-order valence-corrected chi connectivity index (χ4v) is 4.80. The summed E-state index contributed by atoms with van der Waals surface area (Å²) < 4.78 is 8.28. The molecule has 1 atom stereocenters. The van der Waals surface area contributed by atoms with Crippen LogP contribution in [-0.2, 0) is 0 Å². The molecule has 42 heavy (non-hydrogen) atoms. The van der Waals surface area contributed by atoms with Crippen LogP contribution in [0.1, 0.15) is 46.0 Å². The molecule has 1 amide bonds. The molecule has 206 valence electrons. The van der Waals surface area contributed by atoms with Crippen LogP contribution >= 0.6 is 0 Å². The van der Waals surface area contributed by atoms with Crippen molar-refractivity contribution >= 4 is 22.5 Å². The van der Waals surface area contributed by atoms with E-state index >= 15 is 0 Å². The highest BCUT2D eigenvalue weighted by Gasteiger charge is 2.24. The summed E-state index contributed by atoms with van der Waals surface area (Å²) in [6.07, 6.45) is 4.96. The van der Waals surface area contributed by atoms with Crippen LogP contribution in [0.4, 0.5) is 0 Å². The highest BCUT2D eigenvalue weighted by atomic mass is 16.5. The van der Waals surface area contributed by atoms with E-state index in [0.717, 1.165) is 0 Å². The molecule has 2 aromatic carbocycles. The third-order valence-corrected chi connectivity index (χ3v) is 6.76. The molecule has 4 heterocycles. The number of amides is 1. The number of para-hydroxylation sites is 1. The van der Waals surface area contributed by atoms with Gasteiger partial charge in [-0.1, -0.05) is 36.1 Å². The number of pyridine rings is 1. The van der Waals surface area contributed by atoms with Crippen molar-refractivity contribution in [3.63, 3.8) is 0 Å². The average Bonchev–Trinajstić information content (AvgIpc) is 3.36. The molecule has 1 unspecified atom stereocenters. The van der Waals surface area contributed by atoms with Gasteiger partial charge in [-0.15, -0.1) is 0 Å². The number of nitrogens with zero attached hydrogens (tertiary/aromatic N) is 6. The average molecular weight is 556 g/mol. The number of nitrogens with one attached hydrogen (secondary N) is 1. The summed E-state index contributed by atoms with van der Waals surface area (Å²) >= 11 is 0. The van der Waals surface area contributed by atoms with Crippen LogP contribution < -0.4 is 15.6 Å². The molecule has 6 rings (SSSR count). The van der Waals surface area contributed by atoms with Crippen molar-refractivity contribution in [3.05, 3.63) is 124 Å². The Kier molecular flexibility index (Phi) is 6.90. The van der Waals surface area contributed by atoms with Gasteiger partial charge < -0.3 is 10.1 Å². The van der Waals surface area contributed by atoms with Crippen molar-refractivity contribution in [2.75, 3.05) is 7.11 Å². The Morgan fingerprint density at radius 2 is 1.83 bits per heavy atom. The van der Waals surface area contributed by atoms with Crippen LogP contribution in [0.2, 0.25) is 0 Å². The number of carbonyl (C=O) groups is 1. The van der Waals surface area contributed by atoms with Crippen molar-refractivity contribution < 1.29 is 9.53 Å². The molecule has 0 aliphatic carbocycles. The Hall–Kier alpha value is -5.82. The van der Waals surface area contributed by atoms with Crippen LogP contribution in [-0.4, -0.2) is 42.2 Å². The van der Waals surface area contributed by atoms with E-state index in [-0.39, 0.29) is 11.5 Å². The van der Waals surface area contributed by atoms with Crippen LogP contribution in [0.25, 0.3) is 22.2 Å². The first-order valence-corrected chi connectivity index (χ1v) is 13.2. The summed E-state index contributed by atoms with van der Waals surface area (Å²) in [6.45, 7) is 3.55. The first kappa shape index (κ1) is 26.4. The normalized spacial score (nSPS) is 11.6. The minimum absolute atomic E-state index is 0.298. The second kappa shape index (κ2) is 11.0. The molecule has 4 aromatic heterocycles. The summed E-state index contributed by atoms with van der Waals surface area (Å²) in [6, 6.07) is 19.2. The SMILES string of the molecule is COc1cc(C#Cc2cccc3nc(C(C)NC(=O)c4c(C)nn5cccnc45)n(-c4ccccc4)c(=O)c23)ccn1. The third-order valence-electron chi connectivity index (χ3n) is 6.76. The number of rotatable bonds is 5. The number of aryl methyl sites for hydroxylation is 1. The third kappa shape index (κ3) is 4.84. The Morgan fingerprint density at radius 1 is 1.00 bits per heavy atom. The second-order valence-corrected chi connectivity index (χ2v) is 9.53. The summed E-state index contributed by atoms with van der Waals surface area (Å²) in [4.78, 5) is 41.0. The van der Waals surface area contributed by atoms with Gasteiger partial charge in [-0.2, -0.15) is 5.10 Å². The first-order valence-electron chi connectivity index (χ1n) is 13.2. The van der Waals surface area contributed by atoms with Crippen LogP contribution in [0, 0.1) is 18.8 Å². The molecule has 10 heteroatoms. The topological polar surface area (TPSA) is 116 Å². The fourth-order valence-electron chi connectivity index (χ4n) is 4.80. The highest BCUT2D eigenvalue weighted by molar-refractivity contribution is 6.01. The van der Waals surface area contributed by atoms with Gasteiger partial charge in [-0.05, 0) is 50.2 Å². The van der Waals surface area contributed by atoms with E-state index in [1.807, 2.05) is 30.3 Å². The van der Waals surface area contributed by atoms with Gasteiger partial charge in [0.05, 0.1) is 35.4 Å². The van der Waals surface area contributed by atoms with Gasteiger partial charge in [0.1, 0.15) is 11.4 Å². The van der Waals surface area contributed by atoms with Gasteiger partial charge >= 0.3 is 0 Å². The standard InChI is InChI=1S/C32H25N7O3/c1-20-27(30-34-16-8-18-38(30)37-20)31(40)35-21(2)29-36-25-12-7-9-23(14-13-22-15-17-33-26(19-22)42-3)28(25)32(41)39(29)24-10-5-4-6-11-24/h4-12,15-19,21H,1-3H3,(H,35,40). The van der Waals surface area contributed by atoms with Crippen LogP contribution in [0.5, 0.6) is 5.88 Å². The number of fused-ring (bicyclic) bond motifs is 2. The zero-order valence-corrected chi connectivity index (χ0v) is 23.1. The predicted molar refractivity (Wildman–Crippen MR) is 158 cm³/mol. The molecule has 0 saturated carbocycles. The molecule has 0 fully saturated rings. The fraction of sp³-hybridized carbons (Fsp3) is 0.125. The number of methoxy groups -OCH3 is 1. The lowest BCUT2D eigenvalue weighted by Crippen LogP contribution is -2.33. The van der Waals surface area contributed by atoms with E-state index in [9.17, 15) is 9.59 Å². The molecular weight excluding hydrogens is 530 g/mol. The monoisotopic (exact) mass is 555 g/mol. The molecule has 6 aromatic rings. The largest absolute Gasteiger partial charge is 0.481 e. The van der Waals surface area contributed by atoms with Gasteiger partial charge in [0.2, 0.25) is 5.88 Å². The van der Waals surface area contributed by atoms with Gasteiger partial charge in [0.25, 0.3) is 11.5 Å². The first-order chi connectivity index (χ1) is 20.4. The minimum Gasteiger partial charge on any atom is -0.481 e. The Bertz CT molecular complexity index is 2090. The lowest BCUT2D eigenvalue weighted by molar-refractivity contribution is 0.0938. The van der Waals surface area contributed by atoms with Crippen LogP contribution in [0.15, 0.2) is 90.1 Å². The van der Waals surface area contributed by atoms with Crippen molar-refractivity contribution in [2.24, 2.45) is 0 Å². The molecule has 0 aliphatic rings. The molecule has 0 aliphatic heterocycles. The van der Waals surface area contributed by atoms with Crippen molar-refractivity contribution in [3.8, 4) is 23.4 Å². The summed E-state index contributed by atoms with van der Waals surface area (Å²) in [5.41, 5.74) is 3.36. The van der Waals surface area contributed by atoms with E-state index in [2.05, 4.69) is 32.2 Å². The molecule has 1 N–H and O–H groups in total. The number of benzene rings is 2. The Balaban J connectivity index is 1.47. The van der Waals surface area contributed by atoms with Gasteiger partial charge in [-0.3, -0.25) is 14.2 Å². The second-order valence-electron chi connectivity index (χ2n) is 9.53. The maximum atomic E-state index is 14.2. The zero-order valence-electron chi connectivity index (χ0n) is 23.1. The maximum absolute atomic E-state index is 14.2. The van der Waals surface area contributed by atoms with Crippen molar-refractivity contribution in [2.45, 2.75) is 19.9 Å². The van der Waals surface area contributed by atoms with E-state index in [1.165, 1.54) is 4.57 Å². The quantitative estimate of drug-likeness (QED) is 0.319. The predicted octanol–water partition coefficient (Wildman–Crippen LogP) is 4.03. The smallest absolute Gasteiger partial charge is 0.267 e. The Morgan fingerprint density at radius 3 is 2.64 bits per heavy atom. The number of ether oxygens (including phenoxy) is 1. The van der Waals surface area contributed by atoms with E-state index in [0.29, 0.717) is 56.3 Å². The molecule has 0 saturated heterocycles. The van der Waals surface area contributed by atoms with E-state index < -0.39 is 6.04 Å². The lowest BCUT2D eigenvalue weighted by atomic mass is 10.1. The number of hydrogen-bond acceptors (Lipinski definition) is 7. The maximum Gasteiger partial charge on any atom is 0.267 e. The summed E-state index contributed by atoms with van der Waals surface area (Å²) in [7, 11) is 1.54. The minimum atomic E-state index is -0.646. The van der Waals surface area contributed by atoms with Crippen molar-refractivity contribution in [1.82, 2.24) is 34.4 Å². The number of carbonyl (C=O) groups excluding carboxylic acids is 1. The van der Waals surface area contributed by atoms with Gasteiger partial charge in [-0.25, -0.2) is 19.5 Å². The summed E-state index contributed by atoms with van der Waals surface area (Å²) in [5, 5.41) is 7.77. The molecular formula is C32H25N7O3. The highest BCUT2D eigenvalue weighted by Crippen LogP contribution is 2.22. The number of aromatic nitrogens is 6. The van der Waals surface area contributed by atoms with Crippen molar-refractivity contribution in [1.29, 1.82) is 0 Å². The van der Waals surface area contributed by atoms with Crippen LogP contribution in [0.3, 0.4) is 0 Å². The molecule has 10 nitrogen and oxygen atoms in total. The molecule has 0 radical (unpaired) electrons. The van der Waals surface area contributed by atoms with E-state index in [1.54, 1.807) is 80.5 Å². The lowest BCUT2D eigenvalue weighted by Gasteiger charge is -2.20.